The topological polar surface area (TPSA) is 37.3 Å². The predicted octanol–water partition coefficient (Wildman–Crippen LogP) is 5.09. The fourth-order valence-corrected chi connectivity index (χ4v) is 4.71. The minimum absolute atomic E-state index is 0.0387. The minimum Gasteiger partial charge on any atom is -0.511 e. The molecule has 3 aliphatic rings. The second-order valence-corrected chi connectivity index (χ2v) is 7.64. The summed E-state index contributed by atoms with van der Waals surface area (Å²) in [6.45, 7) is 4.29. The summed E-state index contributed by atoms with van der Waals surface area (Å²) in [5.74, 6) is 1.33. The molecule has 0 bridgehead atoms. The summed E-state index contributed by atoms with van der Waals surface area (Å²) >= 11 is 0. The first-order valence-electron chi connectivity index (χ1n) is 9.23. The molecule has 1 unspecified atom stereocenters. The number of rotatable bonds is 3. The number of ketones is 1. The highest BCUT2D eigenvalue weighted by atomic mass is 16.3. The van der Waals surface area contributed by atoms with Crippen molar-refractivity contribution in [2.45, 2.75) is 64.7 Å². The van der Waals surface area contributed by atoms with E-state index in [4.69, 9.17) is 0 Å². The molecule has 1 aromatic rings. The molecule has 1 N–H and O–H groups in total. The number of benzene rings is 1. The van der Waals surface area contributed by atoms with E-state index in [1.807, 2.05) is 0 Å². The number of allylic oxidation sites excluding steroid dienone is 2. The Kier molecular flexibility index (Phi) is 3.59. The van der Waals surface area contributed by atoms with Crippen molar-refractivity contribution in [3.63, 3.8) is 0 Å². The number of aryl methyl sites for hydroxylation is 2. The fourth-order valence-electron chi connectivity index (χ4n) is 4.71. The lowest BCUT2D eigenvalue weighted by atomic mass is 9.80. The molecule has 0 saturated heterocycles. The summed E-state index contributed by atoms with van der Waals surface area (Å²) in [6.07, 6.45) is 7.52. The molecule has 2 nitrogen and oxygen atoms in total. The first-order valence-corrected chi connectivity index (χ1v) is 9.23. The lowest BCUT2D eigenvalue weighted by Gasteiger charge is -2.23. The number of Topliss-reactive ketones (excluding diaryl/α,β-unsaturated/α-hetero) is 1. The highest BCUT2D eigenvalue weighted by Crippen LogP contribution is 2.50. The molecule has 3 aliphatic carbocycles. The van der Waals surface area contributed by atoms with E-state index in [0.717, 1.165) is 37.7 Å². The van der Waals surface area contributed by atoms with Gasteiger partial charge >= 0.3 is 0 Å². The van der Waals surface area contributed by atoms with Crippen LogP contribution in [0.5, 0.6) is 0 Å². The molecule has 4 rings (SSSR count). The zero-order chi connectivity index (χ0) is 16.1. The van der Waals surface area contributed by atoms with Crippen LogP contribution in [-0.2, 0) is 11.2 Å². The molecule has 0 radical (unpaired) electrons. The average Bonchev–Trinajstić information content (AvgIpc) is 3.37. The number of carbonyl (C=O) groups is 1. The second-order valence-electron chi connectivity index (χ2n) is 7.64. The average molecular weight is 310 g/mol. The molecule has 0 spiro atoms. The third-order valence-electron chi connectivity index (χ3n) is 6.00. The van der Waals surface area contributed by atoms with Gasteiger partial charge in [-0.1, -0.05) is 37.5 Å². The molecule has 23 heavy (non-hydrogen) atoms. The molecule has 2 atom stereocenters. The van der Waals surface area contributed by atoms with Crippen molar-refractivity contribution < 1.29 is 9.90 Å². The van der Waals surface area contributed by atoms with Gasteiger partial charge < -0.3 is 5.11 Å². The quantitative estimate of drug-likeness (QED) is 0.844. The number of carbonyl (C=O) groups excluding carboxylic acids is 1. The molecule has 122 valence electrons. The Hall–Kier alpha value is -1.57. The van der Waals surface area contributed by atoms with Gasteiger partial charge in [-0.05, 0) is 61.6 Å². The van der Waals surface area contributed by atoms with Crippen LogP contribution < -0.4 is 0 Å². The summed E-state index contributed by atoms with van der Waals surface area (Å²) in [5.41, 5.74) is 5.60. The van der Waals surface area contributed by atoms with E-state index in [2.05, 4.69) is 26.0 Å². The van der Waals surface area contributed by atoms with Gasteiger partial charge in [0.2, 0.25) is 0 Å². The van der Waals surface area contributed by atoms with Crippen molar-refractivity contribution >= 4 is 11.4 Å². The Balaban J connectivity index is 1.89. The van der Waals surface area contributed by atoms with Gasteiger partial charge in [-0.2, -0.15) is 0 Å². The van der Waals surface area contributed by atoms with Crippen LogP contribution in [0.3, 0.4) is 0 Å². The van der Waals surface area contributed by atoms with Gasteiger partial charge in [0.1, 0.15) is 5.76 Å². The number of hydrogen-bond donors (Lipinski definition) is 1. The number of aliphatic hydroxyl groups excluding tert-OH is 1. The highest BCUT2D eigenvalue weighted by Gasteiger charge is 2.45. The zero-order valence-corrected chi connectivity index (χ0v) is 14.2. The number of fused-ring (bicyclic) bond motifs is 1. The molecule has 1 aromatic carbocycles. The van der Waals surface area contributed by atoms with Crippen LogP contribution >= 0.6 is 0 Å². The van der Waals surface area contributed by atoms with Gasteiger partial charge in [0.25, 0.3) is 0 Å². The lowest BCUT2D eigenvalue weighted by Crippen LogP contribution is -2.21. The summed E-state index contributed by atoms with van der Waals surface area (Å²) in [5, 5.41) is 10.9. The Bertz CT molecular complexity index is 694. The molecule has 2 saturated carbocycles. The van der Waals surface area contributed by atoms with Gasteiger partial charge in [-0.15, -0.1) is 0 Å². The fraction of sp³-hybridized carbons (Fsp3) is 0.571. The molecular formula is C21H26O2. The largest absolute Gasteiger partial charge is 0.511 e. The smallest absolute Gasteiger partial charge is 0.170 e. The van der Waals surface area contributed by atoms with Gasteiger partial charge in [0, 0.05) is 11.8 Å². The first-order chi connectivity index (χ1) is 11.1. The molecular weight excluding hydrogens is 284 g/mol. The minimum atomic E-state index is 0.0387. The van der Waals surface area contributed by atoms with Crippen molar-refractivity contribution in [1.29, 1.82) is 0 Å². The Morgan fingerprint density at radius 1 is 1.09 bits per heavy atom. The van der Waals surface area contributed by atoms with Crippen LogP contribution in [0.1, 0.15) is 73.6 Å². The van der Waals surface area contributed by atoms with Gasteiger partial charge in [-0.3, -0.25) is 4.79 Å². The Morgan fingerprint density at radius 3 is 2.39 bits per heavy atom. The normalized spacial score (nSPS) is 27.5. The van der Waals surface area contributed by atoms with Crippen molar-refractivity contribution in [3.05, 3.63) is 40.1 Å². The monoisotopic (exact) mass is 310 g/mol. The summed E-state index contributed by atoms with van der Waals surface area (Å²) < 4.78 is 0. The van der Waals surface area contributed by atoms with Crippen molar-refractivity contribution in [3.8, 4) is 0 Å². The standard InChI is InChI=1S/C21H26O2/c1-3-13-10-12(2)11-17(14-8-9-14)18(13)19-20(22)15-6-4-5-7-16(15)21(19)23/h10-11,14-16,22H,3-9H2,1-2H3/t15-,16?/m0/s1. The predicted molar refractivity (Wildman–Crippen MR) is 92.5 cm³/mol. The Morgan fingerprint density at radius 2 is 1.78 bits per heavy atom. The summed E-state index contributed by atoms with van der Waals surface area (Å²) in [4.78, 5) is 13.1. The third-order valence-corrected chi connectivity index (χ3v) is 6.00. The van der Waals surface area contributed by atoms with Crippen LogP contribution in [0.15, 0.2) is 17.9 Å². The molecule has 0 amide bonds. The van der Waals surface area contributed by atoms with E-state index in [1.54, 1.807) is 0 Å². The van der Waals surface area contributed by atoms with Crippen molar-refractivity contribution in [2.75, 3.05) is 0 Å². The van der Waals surface area contributed by atoms with E-state index in [0.29, 0.717) is 17.3 Å². The first kappa shape index (κ1) is 15.0. The lowest BCUT2D eigenvalue weighted by molar-refractivity contribution is -0.118. The molecule has 2 heteroatoms. The maximum Gasteiger partial charge on any atom is 0.170 e. The summed E-state index contributed by atoms with van der Waals surface area (Å²) in [6, 6.07) is 4.46. The van der Waals surface area contributed by atoms with Crippen LogP contribution in [0, 0.1) is 18.8 Å². The van der Waals surface area contributed by atoms with Crippen molar-refractivity contribution in [1.82, 2.24) is 0 Å². The molecule has 0 aromatic heterocycles. The number of aliphatic hydroxyl groups is 1. The van der Waals surface area contributed by atoms with Crippen molar-refractivity contribution in [2.24, 2.45) is 11.8 Å². The Labute approximate surface area is 138 Å². The van der Waals surface area contributed by atoms with Gasteiger partial charge in [0.15, 0.2) is 5.78 Å². The van der Waals surface area contributed by atoms with Crippen LogP contribution in [0.2, 0.25) is 0 Å². The van der Waals surface area contributed by atoms with E-state index >= 15 is 0 Å². The molecule has 0 aliphatic heterocycles. The van der Waals surface area contributed by atoms with Crippen LogP contribution in [0.4, 0.5) is 0 Å². The van der Waals surface area contributed by atoms with E-state index < -0.39 is 0 Å². The van der Waals surface area contributed by atoms with Crippen LogP contribution in [-0.4, -0.2) is 10.9 Å². The number of hydrogen-bond acceptors (Lipinski definition) is 2. The maximum absolute atomic E-state index is 13.1. The van der Waals surface area contributed by atoms with Gasteiger partial charge in [0.05, 0.1) is 5.57 Å². The van der Waals surface area contributed by atoms with Crippen LogP contribution in [0.25, 0.3) is 5.57 Å². The SMILES string of the molecule is CCc1cc(C)cc(C2CC2)c1C1=C(O)[C@H]2CCCCC2C1=O. The maximum atomic E-state index is 13.1. The zero-order valence-electron chi connectivity index (χ0n) is 14.2. The van der Waals surface area contributed by atoms with Gasteiger partial charge in [-0.25, -0.2) is 0 Å². The second kappa shape index (κ2) is 5.51. The van der Waals surface area contributed by atoms with E-state index in [9.17, 15) is 9.90 Å². The third kappa shape index (κ3) is 2.34. The van der Waals surface area contributed by atoms with E-state index in [1.165, 1.54) is 29.5 Å². The molecule has 2 fully saturated rings. The molecule has 0 heterocycles. The highest BCUT2D eigenvalue weighted by molar-refractivity contribution is 6.25. The van der Waals surface area contributed by atoms with E-state index in [-0.39, 0.29) is 17.6 Å². The summed E-state index contributed by atoms with van der Waals surface area (Å²) in [7, 11) is 0.